The van der Waals surface area contributed by atoms with E-state index in [9.17, 15) is 4.79 Å². The molecule has 0 amide bonds. The Morgan fingerprint density at radius 2 is 1.79 bits per heavy atom. The number of rotatable bonds is 6. The summed E-state index contributed by atoms with van der Waals surface area (Å²) in [6, 6.07) is 27.4. The van der Waals surface area contributed by atoms with E-state index in [4.69, 9.17) is 37.3 Å². The maximum Gasteiger partial charge on any atom is 0.282 e. The molecule has 2 aromatic heterocycles. The largest absolute Gasteiger partial charge is 0.488 e. The van der Waals surface area contributed by atoms with Gasteiger partial charge in [-0.1, -0.05) is 59.6 Å². The minimum absolute atomic E-state index is 0.279. The normalized spacial score (nSPS) is 11.6. The summed E-state index contributed by atoms with van der Waals surface area (Å²) >= 11 is 15.8. The molecule has 192 valence electrons. The highest BCUT2D eigenvalue weighted by Gasteiger charge is 2.16. The quantitative estimate of drug-likeness (QED) is 0.176. The zero-order valence-electron chi connectivity index (χ0n) is 20.1. The fraction of sp³-hybridized carbons (Fsp3) is 0.0333. The molecular weight excluding hydrogens is 601 g/mol. The van der Waals surface area contributed by atoms with Gasteiger partial charge in [0.1, 0.15) is 17.9 Å². The Morgan fingerprint density at radius 1 is 0.974 bits per heavy atom. The number of aromatic nitrogens is 2. The smallest absolute Gasteiger partial charge is 0.282 e. The standard InChI is InChI=1S/C30H18BrCl2N3O3/c31-23-13-18(9-12-27(23)38-17-20-10-11-21(32)15-24(20)33)16-34-36-29(28-14-19-5-1-4-8-26(19)39-28)35-25-7-3-2-6-22(25)30(36)37/h1-16H,17H2. The van der Waals surface area contributed by atoms with Gasteiger partial charge in [-0.15, -0.1) is 0 Å². The van der Waals surface area contributed by atoms with Crippen LogP contribution in [0.5, 0.6) is 5.75 Å². The van der Waals surface area contributed by atoms with Crippen LogP contribution in [0.15, 0.2) is 110 Å². The summed E-state index contributed by atoms with van der Waals surface area (Å²) in [7, 11) is 0. The number of benzene rings is 4. The number of para-hydroxylation sites is 2. The van der Waals surface area contributed by atoms with Gasteiger partial charge in [-0.3, -0.25) is 4.79 Å². The molecule has 0 unspecified atom stereocenters. The first kappa shape index (κ1) is 25.4. The van der Waals surface area contributed by atoms with Crippen molar-refractivity contribution in [1.29, 1.82) is 0 Å². The maximum atomic E-state index is 13.5. The highest BCUT2D eigenvalue weighted by Crippen LogP contribution is 2.29. The van der Waals surface area contributed by atoms with Crippen LogP contribution < -0.4 is 10.3 Å². The molecule has 0 atom stereocenters. The number of hydrogen-bond donors (Lipinski definition) is 0. The Bertz CT molecular complexity index is 1920. The fourth-order valence-electron chi connectivity index (χ4n) is 4.12. The summed E-state index contributed by atoms with van der Waals surface area (Å²) in [5.41, 5.74) is 2.53. The molecule has 0 saturated carbocycles. The van der Waals surface area contributed by atoms with E-state index >= 15 is 0 Å². The molecule has 6 rings (SSSR count). The van der Waals surface area contributed by atoms with Crippen LogP contribution in [-0.2, 0) is 6.61 Å². The van der Waals surface area contributed by atoms with Gasteiger partial charge >= 0.3 is 0 Å². The number of hydrogen-bond acceptors (Lipinski definition) is 5. The van der Waals surface area contributed by atoms with Crippen LogP contribution in [0.1, 0.15) is 11.1 Å². The molecule has 6 aromatic rings. The van der Waals surface area contributed by atoms with Gasteiger partial charge in [0, 0.05) is 21.0 Å². The molecule has 0 fully saturated rings. The molecule has 9 heteroatoms. The van der Waals surface area contributed by atoms with Crippen LogP contribution in [-0.4, -0.2) is 15.9 Å². The van der Waals surface area contributed by atoms with E-state index in [-0.39, 0.29) is 12.2 Å². The molecule has 0 aliphatic carbocycles. The van der Waals surface area contributed by atoms with Gasteiger partial charge in [0.05, 0.1) is 21.6 Å². The predicted molar refractivity (Wildman–Crippen MR) is 159 cm³/mol. The average molecular weight is 619 g/mol. The van der Waals surface area contributed by atoms with Crippen LogP contribution in [0.4, 0.5) is 0 Å². The molecule has 0 aliphatic rings. The van der Waals surface area contributed by atoms with E-state index in [0.717, 1.165) is 21.0 Å². The number of nitrogens with zero attached hydrogens (tertiary/aromatic N) is 3. The van der Waals surface area contributed by atoms with E-state index in [0.29, 0.717) is 43.9 Å². The summed E-state index contributed by atoms with van der Waals surface area (Å²) < 4.78 is 14.0. The topological polar surface area (TPSA) is 69.6 Å². The third kappa shape index (κ3) is 5.21. The molecule has 6 nitrogen and oxygen atoms in total. The van der Waals surface area contributed by atoms with Crippen LogP contribution >= 0.6 is 39.1 Å². The Labute approximate surface area is 241 Å². The molecule has 0 spiro atoms. The summed E-state index contributed by atoms with van der Waals surface area (Å²) in [4.78, 5) is 18.2. The molecule has 4 aromatic carbocycles. The van der Waals surface area contributed by atoms with Crippen molar-refractivity contribution in [2.75, 3.05) is 0 Å². The van der Waals surface area contributed by atoms with Gasteiger partial charge in [-0.05, 0) is 76.1 Å². The first-order valence-corrected chi connectivity index (χ1v) is 13.4. The van der Waals surface area contributed by atoms with Gasteiger partial charge in [-0.25, -0.2) is 4.98 Å². The van der Waals surface area contributed by atoms with Crippen LogP contribution in [0, 0.1) is 0 Å². The molecule has 0 bridgehead atoms. The van der Waals surface area contributed by atoms with Crippen molar-refractivity contribution < 1.29 is 9.15 Å². The number of furan rings is 1. The highest BCUT2D eigenvalue weighted by molar-refractivity contribution is 9.10. The van der Waals surface area contributed by atoms with E-state index in [2.05, 4.69) is 21.0 Å². The molecule has 0 aliphatic heterocycles. The Morgan fingerprint density at radius 3 is 2.62 bits per heavy atom. The zero-order valence-corrected chi connectivity index (χ0v) is 23.2. The van der Waals surface area contributed by atoms with Gasteiger partial charge in [0.15, 0.2) is 5.76 Å². The maximum absolute atomic E-state index is 13.5. The molecule has 0 saturated heterocycles. The monoisotopic (exact) mass is 617 g/mol. The summed E-state index contributed by atoms with van der Waals surface area (Å²) in [6.45, 7) is 0.279. The fourth-order valence-corrected chi connectivity index (χ4v) is 5.09. The minimum Gasteiger partial charge on any atom is -0.488 e. The summed E-state index contributed by atoms with van der Waals surface area (Å²) in [5.74, 6) is 1.39. The first-order chi connectivity index (χ1) is 19.0. The number of ether oxygens (including phenoxy) is 1. The SMILES string of the molecule is O=c1c2ccccc2nc(-c2cc3ccccc3o2)n1N=Cc1ccc(OCc2ccc(Cl)cc2Cl)c(Br)c1. The Kier molecular flexibility index (Phi) is 6.95. The Balaban J connectivity index is 1.34. The predicted octanol–water partition coefficient (Wildman–Crippen LogP) is 8.34. The van der Waals surface area contributed by atoms with Gasteiger partial charge in [0.25, 0.3) is 5.56 Å². The van der Waals surface area contributed by atoms with Gasteiger partial charge in [0.2, 0.25) is 5.82 Å². The van der Waals surface area contributed by atoms with Crippen molar-refractivity contribution in [3.05, 3.63) is 127 Å². The van der Waals surface area contributed by atoms with Crippen molar-refractivity contribution in [3.63, 3.8) is 0 Å². The lowest BCUT2D eigenvalue weighted by molar-refractivity contribution is 0.304. The number of halogens is 3. The second-order valence-corrected chi connectivity index (χ2v) is 10.4. The second-order valence-electron chi connectivity index (χ2n) is 8.68. The summed E-state index contributed by atoms with van der Waals surface area (Å²) in [5, 5.41) is 6.99. The van der Waals surface area contributed by atoms with Crippen LogP contribution in [0.2, 0.25) is 10.0 Å². The van der Waals surface area contributed by atoms with Crippen molar-refractivity contribution in [3.8, 4) is 17.3 Å². The van der Waals surface area contributed by atoms with E-state index in [1.54, 1.807) is 36.5 Å². The van der Waals surface area contributed by atoms with Crippen molar-refractivity contribution >= 4 is 67.2 Å². The van der Waals surface area contributed by atoms with Crippen LogP contribution in [0.3, 0.4) is 0 Å². The minimum atomic E-state index is -0.300. The lowest BCUT2D eigenvalue weighted by Gasteiger charge is -2.10. The van der Waals surface area contributed by atoms with E-state index in [1.165, 1.54) is 4.68 Å². The first-order valence-electron chi connectivity index (χ1n) is 11.9. The number of fused-ring (bicyclic) bond motifs is 2. The lowest BCUT2D eigenvalue weighted by Crippen LogP contribution is -2.20. The van der Waals surface area contributed by atoms with E-state index in [1.807, 2.05) is 60.7 Å². The third-order valence-electron chi connectivity index (χ3n) is 6.08. The van der Waals surface area contributed by atoms with Crippen molar-refractivity contribution in [2.45, 2.75) is 6.61 Å². The lowest BCUT2D eigenvalue weighted by atomic mass is 10.2. The van der Waals surface area contributed by atoms with E-state index < -0.39 is 0 Å². The highest BCUT2D eigenvalue weighted by atomic mass is 79.9. The molecule has 39 heavy (non-hydrogen) atoms. The average Bonchev–Trinajstić information content (AvgIpc) is 3.37. The molecule has 2 heterocycles. The molecule has 0 radical (unpaired) electrons. The molecular formula is C30H18BrCl2N3O3. The zero-order chi connectivity index (χ0) is 26.9. The van der Waals surface area contributed by atoms with Gasteiger partial charge < -0.3 is 9.15 Å². The van der Waals surface area contributed by atoms with Crippen LogP contribution in [0.25, 0.3) is 33.5 Å². The Hall–Kier alpha value is -3.91. The van der Waals surface area contributed by atoms with Crippen molar-refractivity contribution in [1.82, 2.24) is 9.66 Å². The second kappa shape index (κ2) is 10.7. The third-order valence-corrected chi connectivity index (χ3v) is 7.28. The molecule has 0 N–H and O–H groups in total. The van der Waals surface area contributed by atoms with Crippen molar-refractivity contribution in [2.24, 2.45) is 5.10 Å². The summed E-state index contributed by atoms with van der Waals surface area (Å²) in [6.07, 6.45) is 1.59. The van der Waals surface area contributed by atoms with Gasteiger partial charge in [-0.2, -0.15) is 9.78 Å².